The third-order valence-corrected chi connectivity index (χ3v) is 2.44. The molecule has 6 heteroatoms. The van der Waals surface area contributed by atoms with E-state index >= 15 is 0 Å². The zero-order valence-corrected chi connectivity index (χ0v) is 7.95. The molecule has 0 saturated heterocycles. The van der Waals surface area contributed by atoms with Gasteiger partial charge in [0.15, 0.2) is 0 Å². The van der Waals surface area contributed by atoms with Gasteiger partial charge >= 0.3 is 6.18 Å². The van der Waals surface area contributed by atoms with Gasteiger partial charge in [0.1, 0.15) is 0 Å². The van der Waals surface area contributed by atoms with E-state index in [2.05, 4.69) is 4.98 Å². The number of aryl methyl sites for hydroxylation is 1. The molecule has 1 aromatic rings. The zero-order valence-electron chi connectivity index (χ0n) is 7.14. The predicted molar refractivity (Wildman–Crippen MR) is 45.8 cm³/mol. The molecule has 0 unspecified atom stereocenters. The van der Waals surface area contributed by atoms with Crippen molar-refractivity contribution in [2.75, 3.05) is 0 Å². The summed E-state index contributed by atoms with van der Waals surface area (Å²) >= 11 is 1.17. The Balaban J connectivity index is 2.49. The average molecular weight is 220 g/mol. The smallest absolute Gasteiger partial charge is 0.245 e. The minimum Gasteiger partial charge on any atom is -0.245 e. The Morgan fingerprint density at radius 3 is 2.79 bits per heavy atom. The molecule has 0 spiro atoms. The van der Waals surface area contributed by atoms with E-state index in [-0.39, 0.29) is 12.8 Å². The first kappa shape index (κ1) is 11.0. The molecule has 0 aliphatic heterocycles. The molecule has 0 saturated carbocycles. The average Bonchev–Trinajstić information content (AvgIpc) is 2.49. The normalized spacial score (nSPS) is 11.3. The topological polar surface area (TPSA) is 36.7 Å². The summed E-state index contributed by atoms with van der Waals surface area (Å²) in [4.78, 5) is 3.90. The van der Waals surface area contributed by atoms with E-state index in [1.54, 1.807) is 5.38 Å². The van der Waals surface area contributed by atoms with Gasteiger partial charge < -0.3 is 0 Å². The summed E-state index contributed by atoms with van der Waals surface area (Å²) in [6.07, 6.45) is -4.93. The second-order valence-corrected chi connectivity index (χ2v) is 3.63. The van der Waals surface area contributed by atoms with Crippen molar-refractivity contribution < 1.29 is 13.2 Å². The van der Waals surface area contributed by atoms with Crippen molar-refractivity contribution in [3.8, 4) is 6.07 Å². The molecule has 0 aromatic carbocycles. The van der Waals surface area contributed by atoms with E-state index in [1.165, 1.54) is 11.3 Å². The molecular formula is C8H7F3N2S. The van der Waals surface area contributed by atoms with Crippen molar-refractivity contribution in [3.63, 3.8) is 0 Å². The quantitative estimate of drug-likeness (QED) is 0.785. The number of hydrogen-bond acceptors (Lipinski definition) is 3. The van der Waals surface area contributed by atoms with Crippen LogP contribution in [0.2, 0.25) is 0 Å². The van der Waals surface area contributed by atoms with Crippen LogP contribution in [0.3, 0.4) is 0 Å². The molecular weight excluding hydrogens is 213 g/mol. The summed E-state index contributed by atoms with van der Waals surface area (Å²) in [6.45, 7) is 0. The summed E-state index contributed by atoms with van der Waals surface area (Å²) in [7, 11) is 0. The molecule has 0 amide bonds. The highest BCUT2D eigenvalue weighted by Crippen LogP contribution is 2.23. The molecule has 1 heterocycles. The number of halogens is 3. The SMILES string of the molecule is N#CCc1csc(CCC(F)(F)F)n1. The molecule has 2 nitrogen and oxygen atoms in total. The molecule has 1 rings (SSSR count). The van der Waals surface area contributed by atoms with E-state index in [4.69, 9.17) is 5.26 Å². The Labute approximate surface area is 83.0 Å². The minimum atomic E-state index is -4.14. The van der Waals surface area contributed by atoms with Crippen molar-refractivity contribution in [1.82, 2.24) is 4.98 Å². The van der Waals surface area contributed by atoms with Gasteiger partial charge in [0.2, 0.25) is 0 Å². The van der Waals surface area contributed by atoms with Gasteiger partial charge in [0, 0.05) is 18.2 Å². The molecule has 0 aliphatic rings. The Morgan fingerprint density at radius 2 is 2.21 bits per heavy atom. The second kappa shape index (κ2) is 4.42. The number of alkyl halides is 3. The van der Waals surface area contributed by atoms with Crippen LogP contribution in [0.15, 0.2) is 5.38 Å². The van der Waals surface area contributed by atoms with Crippen LogP contribution < -0.4 is 0 Å². The van der Waals surface area contributed by atoms with Crippen LogP contribution >= 0.6 is 11.3 Å². The Hall–Kier alpha value is -1.09. The van der Waals surface area contributed by atoms with Gasteiger partial charge in [-0.15, -0.1) is 11.3 Å². The second-order valence-electron chi connectivity index (χ2n) is 2.68. The van der Waals surface area contributed by atoms with Crippen molar-refractivity contribution in [2.45, 2.75) is 25.4 Å². The van der Waals surface area contributed by atoms with E-state index in [0.29, 0.717) is 10.7 Å². The zero-order chi connectivity index (χ0) is 10.6. The molecule has 0 fully saturated rings. The maximum Gasteiger partial charge on any atom is 0.389 e. The van der Waals surface area contributed by atoms with Gasteiger partial charge in [-0.2, -0.15) is 18.4 Å². The fourth-order valence-corrected chi connectivity index (χ4v) is 1.67. The lowest BCUT2D eigenvalue weighted by Crippen LogP contribution is -2.08. The van der Waals surface area contributed by atoms with Crippen molar-refractivity contribution >= 4 is 11.3 Å². The number of nitriles is 1. The summed E-state index contributed by atoms with van der Waals surface area (Å²) in [6, 6.07) is 1.89. The number of rotatable bonds is 3. The first-order valence-electron chi connectivity index (χ1n) is 3.88. The first-order chi connectivity index (χ1) is 6.51. The van der Waals surface area contributed by atoms with Crippen LogP contribution in [0.25, 0.3) is 0 Å². The molecule has 1 aromatic heterocycles. The van der Waals surface area contributed by atoms with Gasteiger partial charge in [-0.3, -0.25) is 0 Å². The molecule has 0 aliphatic carbocycles. The molecule has 0 atom stereocenters. The molecule has 14 heavy (non-hydrogen) atoms. The van der Waals surface area contributed by atoms with Gasteiger partial charge in [-0.05, 0) is 0 Å². The summed E-state index contributed by atoms with van der Waals surface area (Å²) in [5.74, 6) is 0. The largest absolute Gasteiger partial charge is 0.389 e. The van der Waals surface area contributed by atoms with Crippen molar-refractivity contribution in [1.29, 1.82) is 5.26 Å². The lowest BCUT2D eigenvalue weighted by Gasteiger charge is -2.02. The highest BCUT2D eigenvalue weighted by Gasteiger charge is 2.27. The van der Waals surface area contributed by atoms with Crippen LogP contribution in [-0.2, 0) is 12.8 Å². The fourth-order valence-electron chi connectivity index (χ4n) is 0.875. The number of thiazole rings is 1. The van der Waals surface area contributed by atoms with Crippen molar-refractivity contribution in [3.05, 3.63) is 16.1 Å². The first-order valence-corrected chi connectivity index (χ1v) is 4.76. The van der Waals surface area contributed by atoms with Crippen LogP contribution in [0.5, 0.6) is 0 Å². The number of nitrogens with zero attached hydrogens (tertiary/aromatic N) is 2. The highest BCUT2D eigenvalue weighted by atomic mass is 32.1. The van der Waals surface area contributed by atoms with Gasteiger partial charge in [0.25, 0.3) is 0 Å². The standard InChI is InChI=1S/C8H7F3N2S/c9-8(10,11)3-1-7-13-6(2-4-12)5-14-7/h5H,1-3H2. The fraction of sp³-hybridized carbons (Fsp3) is 0.500. The van der Waals surface area contributed by atoms with E-state index in [9.17, 15) is 13.2 Å². The van der Waals surface area contributed by atoms with E-state index in [0.717, 1.165) is 0 Å². The van der Waals surface area contributed by atoms with Crippen LogP contribution in [0.4, 0.5) is 13.2 Å². The lowest BCUT2D eigenvalue weighted by atomic mass is 10.3. The van der Waals surface area contributed by atoms with Gasteiger partial charge in [0.05, 0.1) is 23.2 Å². The van der Waals surface area contributed by atoms with E-state index < -0.39 is 12.6 Å². The Bertz CT molecular complexity index is 337. The molecule has 0 radical (unpaired) electrons. The highest BCUT2D eigenvalue weighted by molar-refractivity contribution is 7.09. The maximum atomic E-state index is 11.8. The third kappa shape index (κ3) is 3.75. The minimum absolute atomic E-state index is 0.0976. The van der Waals surface area contributed by atoms with Crippen LogP contribution in [0.1, 0.15) is 17.1 Å². The Kier molecular flexibility index (Phi) is 3.47. The summed E-state index contributed by atoms with van der Waals surface area (Å²) < 4.78 is 35.5. The molecule has 76 valence electrons. The van der Waals surface area contributed by atoms with E-state index in [1.807, 2.05) is 6.07 Å². The van der Waals surface area contributed by atoms with Gasteiger partial charge in [-0.25, -0.2) is 4.98 Å². The summed E-state index contributed by atoms with van der Waals surface area (Å²) in [5.41, 5.74) is 0.551. The third-order valence-electron chi connectivity index (χ3n) is 1.48. The van der Waals surface area contributed by atoms with Gasteiger partial charge in [-0.1, -0.05) is 0 Å². The van der Waals surface area contributed by atoms with Crippen LogP contribution in [0, 0.1) is 11.3 Å². The summed E-state index contributed by atoms with van der Waals surface area (Å²) in [5, 5.41) is 10.4. The maximum absolute atomic E-state index is 11.8. The number of aromatic nitrogens is 1. The lowest BCUT2D eigenvalue weighted by molar-refractivity contribution is -0.134. The van der Waals surface area contributed by atoms with Crippen molar-refractivity contribution in [2.24, 2.45) is 0 Å². The van der Waals surface area contributed by atoms with Crippen LogP contribution in [-0.4, -0.2) is 11.2 Å². The molecule has 0 N–H and O–H groups in total. The monoisotopic (exact) mass is 220 g/mol. The predicted octanol–water partition coefficient (Wildman–Crippen LogP) is 2.70. The Morgan fingerprint density at radius 1 is 1.50 bits per heavy atom. The number of hydrogen-bond donors (Lipinski definition) is 0. The molecule has 0 bridgehead atoms.